The van der Waals surface area contributed by atoms with Crippen LogP contribution in [0.5, 0.6) is 5.75 Å². The quantitative estimate of drug-likeness (QED) is 0.765. The monoisotopic (exact) mass is 260 g/mol. The molecule has 1 saturated heterocycles. The number of piperazine rings is 1. The van der Waals surface area contributed by atoms with Gasteiger partial charge in [-0.25, -0.2) is 0 Å². The second-order valence-electron chi connectivity index (χ2n) is 5.52. The molecule has 0 spiro atoms. The van der Waals surface area contributed by atoms with E-state index in [9.17, 15) is 4.79 Å². The summed E-state index contributed by atoms with van der Waals surface area (Å²) in [6.07, 6.45) is 1.08. The van der Waals surface area contributed by atoms with Crippen molar-refractivity contribution < 1.29 is 9.53 Å². The van der Waals surface area contributed by atoms with E-state index in [1.165, 1.54) is 0 Å². The minimum atomic E-state index is 0.110. The third-order valence-corrected chi connectivity index (χ3v) is 3.94. The van der Waals surface area contributed by atoms with Crippen molar-refractivity contribution in [1.82, 2.24) is 9.80 Å². The van der Waals surface area contributed by atoms with Crippen LogP contribution in [0.1, 0.15) is 22.8 Å². The molecular weight excluding hydrogens is 240 g/mol. The highest BCUT2D eigenvalue weighted by atomic mass is 16.5. The molecule has 0 saturated carbocycles. The summed E-state index contributed by atoms with van der Waals surface area (Å²) in [4.78, 5) is 16.8. The van der Waals surface area contributed by atoms with Crippen LogP contribution in [0.25, 0.3) is 0 Å². The molecule has 3 rings (SSSR count). The number of carbonyl (C=O) groups is 1. The van der Waals surface area contributed by atoms with Crippen molar-refractivity contribution in [3.8, 4) is 5.75 Å². The van der Waals surface area contributed by atoms with Crippen molar-refractivity contribution in [2.24, 2.45) is 0 Å². The summed E-state index contributed by atoms with van der Waals surface area (Å²) in [7, 11) is 2.09. The van der Waals surface area contributed by atoms with Crippen LogP contribution in [0.3, 0.4) is 0 Å². The minimum absolute atomic E-state index is 0.110. The Hall–Kier alpha value is -1.55. The van der Waals surface area contributed by atoms with Gasteiger partial charge in [-0.2, -0.15) is 0 Å². The number of rotatable bonds is 1. The van der Waals surface area contributed by atoms with Gasteiger partial charge < -0.3 is 14.5 Å². The Balaban J connectivity index is 1.83. The molecule has 0 aromatic heterocycles. The van der Waals surface area contributed by atoms with Crippen molar-refractivity contribution in [1.29, 1.82) is 0 Å². The smallest absolute Gasteiger partial charge is 0.257 e. The van der Waals surface area contributed by atoms with Gasteiger partial charge in [-0.3, -0.25) is 4.79 Å². The van der Waals surface area contributed by atoms with E-state index in [0.717, 1.165) is 49.5 Å². The first kappa shape index (κ1) is 12.5. The Bertz CT molecular complexity index is 493. The Morgan fingerprint density at radius 3 is 2.74 bits per heavy atom. The average molecular weight is 260 g/mol. The summed E-state index contributed by atoms with van der Waals surface area (Å²) in [5, 5.41) is 0. The van der Waals surface area contributed by atoms with Gasteiger partial charge in [0.1, 0.15) is 11.9 Å². The lowest BCUT2D eigenvalue weighted by atomic mass is 10.1. The molecule has 0 unspecified atom stereocenters. The average Bonchev–Trinajstić information content (AvgIpc) is 2.78. The zero-order valence-corrected chi connectivity index (χ0v) is 11.6. The fourth-order valence-corrected chi connectivity index (χ4v) is 2.79. The van der Waals surface area contributed by atoms with Crippen molar-refractivity contribution in [3.05, 3.63) is 29.3 Å². The molecule has 2 aliphatic rings. The number of nitrogens with zero attached hydrogens (tertiary/aromatic N) is 2. The number of hydrogen-bond acceptors (Lipinski definition) is 3. The molecule has 4 heteroatoms. The molecule has 0 bridgehead atoms. The van der Waals surface area contributed by atoms with E-state index >= 15 is 0 Å². The lowest BCUT2D eigenvalue weighted by Gasteiger charge is -2.32. The van der Waals surface area contributed by atoms with Crippen LogP contribution in [-0.2, 0) is 6.42 Å². The normalized spacial score (nSPS) is 23.1. The molecule has 1 atom stereocenters. The van der Waals surface area contributed by atoms with Gasteiger partial charge >= 0.3 is 0 Å². The third kappa shape index (κ3) is 2.32. The maximum Gasteiger partial charge on any atom is 0.257 e. The molecular formula is C15H20N2O2. The number of ether oxygens (including phenoxy) is 1. The van der Waals surface area contributed by atoms with E-state index in [-0.39, 0.29) is 12.0 Å². The molecule has 1 amide bonds. The van der Waals surface area contributed by atoms with E-state index in [2.05, 4.69) is 18.0 Å². The molecule has 0 radical (unpaired) electrons. The SMILES string of the molecule is C[C@@H]1Cc2cccc(C(=O)N3CCN(C)CC3)c2O1. The predicted octanol–water partition coefficient (Wildman–Crippen LogP) is 1.40. The Morgan fingerprint density at radius 1 is 1.26 bits per heavy atom. The lowest BCUT2D eigenvalue weighted by molar-refractivity contribution is 0.0659. The highest BCUT2D eigenvalue weighted by Crippen LogP contribution is 2.33. The van der Waals surface area contributed by atoms with Gasteiger partial charge in [0.15, 0.2) is 0 Å². The fourth-order valence-electron chi connectivity index (χ4n) is 2.79. The number of fused-ring (bicyclic) bond motifs is 1. The second kappa shape index (κ2) is 4.85. The first-order valence-corrected chi connectivity index (χ1v) is 6.91. The van der Waals surface area contributed by atoms with Crippen LogP contribution in [0.15, 0.2) is 18.2 Å². The molecule has 19 heavy (non-hydrogen) atoms. The Labute approximate surface area is 113 Å². The number of likely N-dealkylation sites (N-methyl/N-ethyl adjacent to an activating group) is 1. The number of benzene rings is 1. The zero-order valence-electron chi connectivity index (χ0n) is 11.6. The topological polar surface area (TPSA) is 32.8 Å². The van der Waals surface area contributed by atoms with Gasteiger partial charge in [-0.1, -0.05) is 12.1 Å². The fraction of sp³-hybridized carbons (Fsp3) is 0.533. The molecule has 1 aromatic carbocycles. The maximum atomic E-state index is 12.6. The minimum Gasteiger partial charge on any atom is -0.489 e. The highest BCUT2D eigenvalue weighted by Gasteiger charge is 2.28. The summed E-state index contributed by atoms with van der Waals surface area (Å²) in [6, 6.07) is 5.90. The Morgan fingerprint density at radius 2 is 2.00 bits per heavy atom. The van der Waals surface area contributed by atoms with Gasteiger partial charge in [0.25, 0.3) is 5.91 Å². The summed E-state index contributed by atoms with van der Waals surface area (Å²) in [5.74, 6) is 0.915. The Kier molecular flexibility index (Phi) is 3.19. The van der Waals surface area contributed by atoms with Crippen LogP contribution < -0.4 is 4.74 Å². The van der Waals surface area contributed by atoms with Gasteiger partial charge in [0, 0.05) is 32.6 Å². The molecule has 1 fully saturated rings. The molecule has 1 aromatic rings. The van der Waals surface area contributed by atoms with E-state index in [0.29, 0.717) is 0 Å². The van der Waals surface area contributed by atoms with Gasteiger partial charge in [-0.15, -0.1) is 0 Å². The third-order valence-electron chi connectivity index (χ3n) is 3.94. The second-order valence-corrected chi connectivity index (χ2v) is 5.52. The van der Waals surface area contributed by atoms with Crippen LogP contribution in [0.4, 0.5) is 0 Å². The first-order valence-electron chi connectivity index (χ1n) is 6.91. The van der Waals surface area contributed by atoms with Crippen LogP contribution in [0, 0.1) is 0 Å². The van der Waals surface area contributed by atoms with Crippen molar-refractivity contribution in [2.75, 3.05) is 33.2 Å². The molecule has 0 aliphatic carbocycles. The maximum absolute atomic E-state index is 12.6. The lowest BCUT2D eigenvalue weighted by Crippen LogP contribution is -2.47. The summed E-state index contributed by atoms with van der Waals surface area (Å²) < 4.78 is 5.81. The number of amides is 1. The van der Waals surface area contributed by atoms with E-state index < -0.39 is 0 Å². The van der Waals surface area contributed by atoms with Crippen LogP contribution in [0.2, 0.25) is 0 Å². The van der Waals surface area contributed by atoms with Crippen molar-refractivity contribution in [3.63, 3.8) is 0 Å². The molecule has 4 nitrogen and oxygen atoms in total. The number of carbonyl (C=O) groups excluding carboxylic acids is 1. The van der Waals surface area contributed by atoms with E-state index in [4.69, 9.17) is 4.74 Å². The highest BCUT2D eigenvalue weighted by molar-refractivity contribution is 5.97. The first-order chi connectivity index (χ1) is 9.15. The van der Waals surface area contributed by atoms with Crippen LogP contribution in [-0.4, -0.2) is 55.0 Å². The van der Waals surface area contributed by atoms with Crippen molar-refractivity contribution >= 4 is 5.91 Å². The predicted molar refractivity (Wildman–Crippen MR) is 73.6 cm³/mol. The largest absolute Gasteiger partial charge is 0.489 e. The summed E-state index contributed by atoms with van der Waals surface area (Å²) in [5.41, 5.74) is 1.89. The molecule has 0 N–H and O–H groups in total. The molecule has 2 heterocycles. The van der Waals surface area contributed by atoms with E-state index in [1.54, 1.807) is 0 Å². The standard InChI is InChI=1S/C15H20N2O2/c1-11-10-12-4-3-5-13(14(12)19-11)15(18)17-8-6-16(2)7-9-17/h3-5,11H,6-10H2,1-2H3/t11-/m1/s1. The van der Waals surface area contributed by atoms with E-state index in [1.807, 2.05) is 24.0 Å². The van der Waals surface area contributed by atoms with Gasteiger partial charge in [-0.05, 0) is 25.6 Å². The number of para-hydroxylation sites is 1. The zero-order chi connectivity index (χ0) is 13.4. The van der Waals surface area contributed by atoms with Crippen molar-refractivity contribution in [2.45, 2.75) is 19.4 Å². The van der Waals surface area contributed by atoms with Gasteiger partial charge in [0.05, 0.1) is 5.56 Å². The molecule has 2 aliphatic heterocycles. The summed E-state index contributed by atoms with van der Waals surface area (Å²) in [6.45, 7) is 5.53. The number of hydrogen-bond donors (Lipinski definition) is 0. The van der Waals surface area contributed by atoms with Crippen LogP contribution >= 0.6 is 0 Å². The molecule has 102 valence electrons. The summed E-state index contributed by atoms with van der Waals surface area (Å²) >= 11 is 0. The van der Waals surface area contributed by atoms with Gasteiger partial charge in [0.2, 0.25) is 0 Å².